The Bertz CT molecular complexity index is 1020. The lowest BCUT2D eigenvalue weighted by molar-refractivity contribution is -0.695. The lowest BCUT2D eigenvalue weighted by Gasteiger charge is -2.10. The summed E-state index contributed by atoms with van der Waals surface area (Å²) < 4.78 is 12.9. The van der Waals surface area contributed by atoms with Crippen LogP contribution in [0.3, 0.4) is 0 Å². The molecule has 2 amide bonds. The first kappa shape index (κ1) is 17.7. The van der Waals surface area contributed by atoms with Crippen molar-refractivity contribution in [2.24, 2.45) is 0 Å². The van der Waals surface area contributed by atoms with E-state index in [0.29, 0.717) is 24.7 Å². The van der Waals surface area contributed by atoms with Gasteiger partial charge in [-0.25, -0.2) is 9.55 Å². The van der Waals surface area contributed by atoms with Crippen molar-refractivity contribution >= 4 is 11.8 Å². The molecular weight excluding hydrogens is 358 g/mol. The Balaban J connectivity index is 1.43. The van der Waals surface area contributed by atoms with Gasteiger partial charge < -0.3 is 9.15 Å². The highest BCUT2D eigenvalue weighted by Crippen LogP contribution is 2.26. The number of benzene rings is 1. The van der Waals surface area contributed by atoms with Gasteiger partial charge in [0.05, 0.1) is 19.9 Å². The smallest absolute Gasteiger partial charge is 0.253 e. The number of carbonyl (C=O) groups is 2. The zero-order valence-corrected chi connectivity index (χ0v) is 15.2. The highest BCUT2D eigenvalue weighted by atomic mass is 16.5. The number of oxazole rings is 1. The standard InChI is InChI=1S/C21H18N3O4/c1-27-17-4-2-15(3-5-17)18-14-22-21(28-18)16-8-10-23(11-9-16)12-13-24-19(25)6-7-20(24)26/h2-11,14H,12-13H2,1H3/q+1. The molecule has 1 aromatic carbocycles. The first-order valence-corrected chi connectivity index (χ1v) is 8.77. The summed E-state index contributed by atoms with van der Waals surface area (Å²) in [6.07, 6.45) is 8.00. The summed E-state index contributed by atoms with van der Waals surface area (Å²) in [6, 6.07) is 11.3. The number of imide groups is 1. The Kier molecular flexibility index (Phi) is 4.72. The zero-order chi connectivity index (χ0) is 19.5. The number of aromatic nitrogens is 2. The molecule has 1 aliphatic heterocycles. The first-order valence-electron chi connectivity index (χ1n) is 8.77. The van der Waals surface area contributed by atoms with Crippen LogP contribution in [-0.4, -0.2) is 35.4 Å². The van der Waals surface area contributed by atoms with Gasteiger partial charge in [0.1, 0.15) is 5.75 Å². The number of hydrogen-bond acceptors (Lipinski definition) is 5. The second-order valence-electron chi connectivity index (χ2n) is 6.24. The van der Waals surface area contributed by atoms with Gasteiger partial charge >= 0.3 is 0 Å². The minimum absolute atomic E-state index is 0.270. The van der Waals surface area contributed by atoms with Gasteiger partial charge in [0, 0.05) is 35.4 Å². The van der Waals surface area contributed by atoms with Crippen molar-refractivity contribution in [2.75, 3.05) is 13.7 Å². The van der Waals surface area contributed by atoms with Crippen LogP contribution in [-0.2, 0) is 16.1 Å². The Morgan fingerprint density at radius 1 is 1.00 bits per heavy atom. The molecule has 0 atom stereocenters. The highest BCUT2D eigenvalue weighted by molar-refractivity contribution is 6.12. The topological polar surface area (TPSA) is 76.5 Å². The fraction of sp³-hybridized carbons (Fsp3) is 0.143. The lowest BCUT2D eigenvalue weighted by Crippen LogP contribution is -2.42. The average Bonchev–Trinajstić information content (AvgIpc) is 3.34. The second-order valence-corrected chi connectivity index (χ2v) is 6.24. The van der Waals surface area contributed by atoms with E-state index in [-0.39, 0.29) is 11.8 Å². The molecule has 140 valence electrons. The van der Waals surface area contributed by atoms with Crippen LogP contribution in [0.15, 0.2) is 71.6 Å². The zero-order valence-electron chi connectivity index (χ0n) is 15.2. The summed E-state index contributed by atoms with van der Waals surface area (Å²) in [7, 11) is 1.63. The van der Waals surface area contributed by atoms with Gasteiger partial charge in [-0.2, -0.15) is 0 Å². The molecule has 0 N–H and O–H groups in total. The molecule has 0 saturated carbocycles. The second kappa shape index (κ2) is 7.48. The van der Waals surface area contributed by atoms with Crippen molar-refractivity contribution in [3.8, 4) is 28.5 Å². The van der Waals surface area contributed by atoms with E-state index in [1.807, 2.05) is 53.4 Å². The Morgan fingerprint density at radius 2 is 1.68 bits per heavy atom. The van der Waals surface area contributed by atoms with Gasteiger partial charge in [0.25, 0.3) is 11.8 Å². The number of ether oxygens (including phenoxy) is 1. The van der Waals surface area contributed by atoms with Crippen LogP contribution >= 0.6 is 0 Å². The molecule has 3 heterocycles. The highest BCUT2D eigenvalue weighted by Gasteiger charge is 2.24. The van der Waals surface area contributed by atoms with Crippen molar-refractivity contribution in [1.29, 1.82) is 0 Å². The molecule has 3 aromatic rings. The van der Waals surface area contributed by atoms with Crippen molar-refractivity contribution in [3.05, 3.63) is 67.1 Å². The van der Waals surface area contributed by atoms with Crippen LogP contribution in [0.5, 0.6) is 5.75 Å². The number of nitrogens with zero attached hydrogens (tertiary/aromatic N) is 3. The molecule has 0 radical (unpaired) electrons. The fourth-order valence-corrected chi connectivity index (χ4v) is 2.91. The Hall–Kier alpha value is -3.74. The van der Waals surface area contributed by atoms with Gasteiger partial charge in [-0.3, -0.25) is 14.5 Å². The van der Waals surface area contributed by atoms with Gasteiger partial charge in [-0.1, -0.05) is 0 Å². The van der Waals surface area contributed by atoms with Crippen LogP contribution in [0.25, 0.3) is 22.8 Å². The molecule has 2 aromatic heterocycles. The molecule has 7 heteroatoms. The fourth-order valence-electron chi connectivity index (χ4n) is 2.91. The number of methoxy groups -OCH3 is 1. The van der Waals surface area contributed by atoms with Crippen LogP contribution in [0.1, 0.15) is 0 Å². The van der Waals surface area contributed by atoms with E-state index in [1.54, 1.807) is 13.3 Å². The normalized spacial score (nSPS) is 13.4. The molecule has 0 saturated heterocycles. The molecule has 7 nitrogen and oxygen atoms in total. The number of pyridine rings is 1. The van der Waals surface area contributed by atoms with Crippen molar-refractivity contribution in [2.45, 2.75) is 6.54 Å². The molecule has 0 spiro atoms. The van der Waals surface area contributed by atoms with Crippen LogP contribution in [0, 0.1) is 0 Å². The first-order chi connectivity index (χ1) is 13.6. The Labute approximate surface area is 161 Å². The Morgan fingerprint density at radius 3 is 2.32 bits per heavy atom. The summed E-state index contributed by atoms with van der Waals surface area (Å²) in [5, 5.41) is 0. The minimum atomic E-state index is -0.270. The van der Waals surface area contributed by atoms with Gasteiger partial charge in [-0.15, -0.1) is 0 Å². The van der Waals surface area contributed by atoms with Crippen LogP contribution in [0.2, 0.25) is 0 Å². The van der Waals surface area contributed by atoms with E-state index in [0.717, 1.165) is 16.9 Å². The largest absolute Gasteiger partial charge is 0.497 e. The molecule has 1 aliphatic rings. The molecular formula is C21H18N3O4+. The maximum absolute atomic E-state index is 11.6. The van der Waals surface area contributed by atoms with Crippen molar-refractivity contribution in [1.82, 2.24) is 9.88 Å². The molecule has 0 fully saturated rings. The molecule has 0 unspecified atom stereocenters. The van der Waals surface area contributed by atoms with Gasteiger partial charge in [0.15, 0.2) is 24.7 Å². The van der Waals surface area contributed by atoms with Crippen LogP contribution in [0.4, 0.5) is 0 Å². The summed E-state index contributed by atoms with van der Waals surface area (Å²) >= 11 is 0. The molecule has 0 bridgehead atoms. The van der Waals surface area contributed by atoms with E-state index in [2.05, 4.69) is 4.98 Å². The SMILES string of the molecule is COc1ccc(-c2cnc(-c3cc[n+](CCN4C(=O)C=CC4=O)cc3)o2)cc1. The van der Waals surface area contributed by atoms with E-state index in [1.165, 1.54) is 17.1 Å². The van der Waals surface area contributed by atoms with Crippen LogP contribution < -0.4 is 9.30 Å². The predicted octanol–water partition coefficient (Wildman–Crippen LogP) is 2.23. The minimum Gasteiger partial charge on any atom is -0.497 e. The maximum Gasteiger partial charge on any atom is 0.253 e. The van der Waals surface area contributed by atoms with E-state index in [9.17, 15) is 9.59 Å². The number of hydrogen-bond donors (Lipinski definition) is 0. The molecule has 28 heavy (non-hydrogen) atoms. The van der Waals surface area contributed by atoms with Gasteiger partial charge in [-0.05, 0) is 24.3 Å². The van der Waals surface area contributed by atoms with Crippen molar-refractivity contribution in [3.63, 3.8) is 0 Å². The third-order valence-electron chi connectivity index (χ3n) is 4.50. The number of amides is 2. The van der Waals surface area contributed by atoms with E-state index in [4.69, 9.17) is 9.15 Å². The maximum atomic E-state index is 11.6. The lowest BCUT2D eigenvalue weighted by atomic mass is 10.2. The third-order valence-corrected chi connectivity index (χ3v) is 4.50. The monoisotopic (exact) mass is 376 g/mol. The summed E-state index contributed by atoms with van der Waals surface area (Å²) in [5.41, 5.74) is 1.75. The third kappa shape index (κ3) is 3.55. The molecule has 0 aliphatic carbocycles. The number of rotatable bonds is 6. The molecule has 4 rings (SSSR count). The number of carbonyl (C=O) groups excluding carboxylic acids is 2. The van der Waals surface area contributed by atoms with E-state index >= 15 is 0 Å². The quantitative estimate of drug-likeness (QED) is 0.487. The van der Waals surface area contributed by atoms with Gasteiger partial charge in [0.2, 0.25) is 5.89 Å². The van der Waals surface area contributed by atoms with Crippen molar-refractivity contribution < 1.29 is 23.3 Å². The summed E-state index contributed by atoms with van der Waals surface area (Å²) in [4.78, 5) is 28.7. The average molecular weight is 376 g/mol. The van der Waals surface area contributed by atoms with E-state index < -0.39 is 0 Å². The summed E-state index contributed by atoms with van der Waals surface area (Å²) in [5.74, 6) is 1.44. The predicted molar refractivity (Wildman–Crippen MR) is 100.0 cm³/mol. The summed E-state index contributed by atoms with van der Waals surface area (Å²) in [6.45, 7) is 0.845.